The first-order valence-corrected chi connectivity index (χ1v) is 11.0. The van der Waals surface area contributed by atoms with E-state index in [-0.39, 0.29) is 11.5 Å². The number of aryl methyl sites for hydroxylation is 1. The molecule has 1 heterocycles. The number of nitrogens with zero attached hydrogens (tertiary/aromatic N) is 2. The summed E-state index contributed by atoms with van der Waals surface area (Å²) in [5, 5.41) is 3.64. The summed E-state index contributed by atoms with van der Waals surface area (Å²) in [6.07, 6.45) is 1.64. The molecule has 3 aromatic rings. The first-order valence-electron chi connectivity index (χ1n) is 10.1. The number of amides is 1. The van der Waals surface area contributed by atoms with Gasteiger partial charge in [-0.2, -0.15) is 0 Å². The Morgan fingerprint density at radius 1 is 1.20 bits per heavy atom. The van der Waals surface area contributed by atoms with Crippen LogP contribution in [0.4, 0.5) is 5.69 Å². The number of methoxy groups -OCH3 is 1. The molecule has 1 amide bonds. The number of aromatic nitrogens is 2. The molecule has 3 rings (SSSR count). The maximum absolute atomic E-state index is 13.0. The molecule has 1 unspecified atom stereocenters. The van der Waals surface area contributed by atoms with Crippen LogP contribution < -0.4 is 10.9 Å². The molecule has 0 aliphatic heterocycles. The van der Waals surface area contributed by atoms with Crippen molar-refractivity contribution >= 4 is 34.3 Å². The van der Waals surface area contributed by atoms with Gasteiger partial charge in [-0.25, -0.2) is 4.98 Å². The summed E-state index contributed by atoms with van der Waals surface area (Å²) in [7, 11) is 1.64. The standard InChI is InChI=1S/C23H27N3O3S/c1-4-17-10-12-18(13-11-17)24-21(27)16(2)30-23-25-20-9-6-5-8-19(20)22(28)26(23)14-7-15-29-3/h5-6,8-13,16H,4,7,14-15H2,1-3H3,(H,24,27). The zero-order chi connectivity index (χ0) is 21.5. The van der Waals surface area contributed by atoms with Gasteiger partial charge in [0.15, 0.2) is 5.16 Å². The van der Waals surface area contributed by atoms with Gasteiger partial charge in [0.2, 0.25) is 5.91 Å². The summed E-state index contributed by atoms with van der Waals surface area (Å²) in [6.45, 7) is 4.95. The van der Waals surface area contributed by atoms with Crippen LogP contribution in [0.15, 0.2) is 58.5 Å². The van der Waals surface area contributed by atoms with Crippen molar-refractivity contribution in [3.63, 3.8) is 0 Å². The molecule has 30 heavy (non-hydrogen) atoms. The molecule has 1 N–H and O–H groups in total. The topological polar surface area (TPSA) is 73.2 Å². The average molecular weight is 426 g/mol. The zero-order valence-electron chi connectivity index (χ0n) is 17.6. The molecule has 1 atom stereocenters. The maximum Gasteiger partial charge on any atom is 0.262 e. The number of nitrogens with one attached hydrogen (secondary N) is 1. The van der Waals surface area contributed by atoms with E-state index < -0.39 is 5.25 Å². The SMILES string of the molecule is CCc1ccc(NC(=O)C(C)Sc2nc3ccccc3c(=O)n2CCCOC)cc1. The highest BCUT2D eigenvalue weighted by Crippen LogP contribution is 2.24. The molecule has 1 aromatic heterocycles. The van der Waals surface area contributed by atoms with E-state index in [1.807, 2.05) is 49.4 Å². The van der Waals surface area contributed by atoms with Crippen LogP contribution in [0.2, 0.25) is 0 Å². The third-order valence-electron chi connectivity index (χ3n) is 4.84. The Labute approximate surface area is 180 Å². The fraction of sp³-hybridized carbons (Fsp3) is 0.348. The number of benzene rings is 2. The Kier molecular flexibility index (Phi) is 7.65. The predicted molar refractivity (Wildman–Crippen MR) is 122 cm³/mol. The van der Waals surface area contributed by atoms with Gasteiger partial charge < -0.3 is 10.1 Å². The molecule has 0 bridgehead atoms. The van der Waals surface area contributed by atoms with E-state index in [0.717, 1.165) is 12.1 Å². The quantitative estimate of drug-likeness (QED) is 0.317. The molecule has 0 fully saturated rings. The summed E-state index contributed by atoms with van der Waals surface area (Å²) in [4.78, 5) is 30.4. The molecule has 6 nitrogen and oxygen atoms in total. The monoisotopic (exact) mass is 425 g/mol. The van der Waals surface area contributed by atoms with Gasteiger partial charge in [-0.1, -0.05) is 43.0 Å². The highest BCUT2D eigenvalue weighted by atomic mass is 32.2. The third kappa shape index (κ3) is 5.29. The minimum Gasteiger partial charge on any atom is -0.385 e. The number of thioether (sulfide) groups is 1. The maximum atomic E-state index is 13.0. The minimum absolute atomic E-state index is 0.0954. The summed E-state index contributed by atoms with van der Waals surface area (Å²) < 4.78 is 6.77. The summed E-state index contributed by atoms with van der Waals surface area (Å²) in [6, 6.07) is 15.1. The van der Waals surface area contributed by atoms with E-state index in [2.05, 4.69) is 17.2 Å². The number of carbonyl (C=O) groups excluding carboxylic acids is 1. The van der Waals surface area contributed by atoms with Crippen molar-refractivity contribution in [2.75, 3.05) is 19.0 Å². The van der Waals surface area contributed by atoms with E-state index in [1.165, 1.54) is 17.3 Å². The molecule has 0 aliphatic carbocycles. The molecular weight excluding hydrogens is 398 g/mol. The molecule has 0 radical (unpaired) electrons. The fourth-order valence-electron chi connectivity index (χ4n) is 3.08. The Hall–Kier alpha value is -2.64. The number of para-hydroxylation sites is 1. The van der Waals surface area contributed by atoms with E-state index in [1.54, 1.807) is 17.7 Å². The van der Waals surface area contributed by atoms with Crippen LogP contribution in [0.3, 0.4) is 0 Å². The lowest BCUT2D eigenvalue weighted by molar-refractivity contribution is -0.115. The van der Waals surface area contributed by atoms with E-state index in [0.29, 0.717) is 35.6 Å². The first-order chi connectivity index (χ1) is 14.5. The smallest absolute Gasteiger partial charge is 0.262 e. The van der Waals surface area contributed by atoms with Crippen molar-refractivity contribution in [2.45, 2.75) is 43.6 Å². The molecular formula is C23H27N3O3S. The number of ether oxygens (including phenoxy) is 1. The van der Waals surface area contributed by atoms with Gasteiger partial charge in [-0.3, -0.25) is 14.2 Å². The van der Waals surface area contributed by atoms with Crippen molar-refractivity contribution in [3.8, 4) is 0 Å². The van der Waals surface area contributed by atoms with Crippen LogP contribution in [0.5, 0.6) is 0 Å². The normalized spacial score (nSPS) is 12.1. The van der Waals surface area contributed by atoms with Gasteiger partial charge in [0.05, 0.1) is 16.2 Å². The Balaban J connectivity index is 1.82. The van der Waals surface area contributed by atoms with E-state index in [9.17, 15) is 9.59 Å². The second-order valence-corrected chi connectivity index (χ2v) is 8.32. The number of rotatable bonds is 9. The lowest BCUT2D eigenvalue weighted by Crippen LogP contribution is -2.27. The predicted octanol–water partition coefficient (Wildman–Crippen LogP) is 4.11. The van der Waals surface area contributed by atoms with Gasteiger partial charge in [0.1, 0.15) is 0 Å². The van der Waals surface area contributed by atoms with Crippen molar-refractivity contribution in [3.05, 3.63) is 64.4 Å². The summed E-state index contributed by atoms with van der Waals surface area (Å²) in [5.74, 6) is -0.130. The number of hydrogen-bond donors (Lipinski definition) is 1. The van der Waals surface area contributed by atoms with Gasteiger partial charge in [0.25, 0.3) is 5.56 Å². The van der Waals surface area contributed by atoms with Gasteiger partial charge in [-0.05, 0) is 49.6 Å². The molecule has 7 heteroatoms. The lowest BCUT2D eigenvalue weighted by Gasteiger charge is -2.16. The van der Waals surface area contributed by atoms with Crippen LogP contribution in [0.25, 0.3) is 10.9 Å². The largest absolute Gasteiger partial charge is 0.385 e. The van der Waals surface area contributed by atoms with Crippen LogP contribution in [0.1, 0.15) is 25.8 Å². The molecule has 0 saturated carbocycles. The van der Waals surface area contributed by atoms with Crippen LogP contribution in [0, 0.1) is 0 Å². The lowest BCUT2D eigenvalue weighted by atomic mass is 10.1. The van der Waals surface area contributed by atoms with Crippen LogP contribution >= 0.6 is 11.8 Å². The number of fused-ring (bicyclic) bond motifs is 1. The highest BCUT2D eigenvalue weighted by molar-refractivity contribution is 8.00. The van der Waals surface area contributed by atoms with Crippen LogP contribution in [-0.4, -0.2) is 34.4 Å². The van der Waals surface area contributed by atoms with Gasteiger partial charge in [0, 0.05) is 25.9 Å². The fourth-order valence-corrected chi connectivity index (χ4v) is 4.02. The zero-order valence-corrected chi connectivity index (χ0v) is 18.4. The van der Waals surface area contributed by atoms with Crippen molar-refractivity contribution in [2.24, 2.45) is 0 Å². The van der Waals surface area contributed by atoms with Crippen molar-refractivity contribution in [1.29, 1.82) is 0 Å². The average Bonchev–Trinajstić information content (AvgIpc) is 2.76. The molecule has 0 aliphatic rings. The third-order valence-corrected chi connectivity index (χ3v) is 5.93. The molecule has 0 saturated heterocycles. The molecule has 2 aromatic carbocycles. The summed E-state index contributed by atoms with van der Waals surface area (Å²) >= 11 is 1.29. The van der Waals surface area contributed by atoms with Crippen LogP contribution in [-0.2, 0) is 22.5 Å². The molecule has 158 valence electrons. The Bertz CT molecular complexity index is 1060. The Morgan fingerprint density at radius 2 is 1.93 bits per heavy atom. The minimum atomic E-state index is -0.419. The van der Waals surface area contributed by atoms with E-state index >= 15 is 0 Å². The Morgan fingerprint density at radius 3 is 2.63 bits per heavy atom. The molecule has 0 spiro atoms. The van der Waals surface area contributed by atoms with E-state index in [4.69, 9.17) is 4.74 Å². The number of carbonyl (C=O) groups is 1. The highest BCUT2D eigenvalue weighted by Gasteiger charge is 2.19. The summed E-state index contributed by atoms with van der Waals surface area (Å²) in [5.41, 5.74) is 2.52. The van der Waals surface area contributed by atoms with Crippen molar-refractivity contribution in [1.82, 2.24) is 9.55 Å². The second-order valence-electron chi connectivity index (χ2n) is 7.01. The van der Waals surface area contributed by atoms with Gasteiger partial charge >= 0.3 is 0 Å². The first kappa shape index (κ1) is 22.1. The number of anilines is 1. The van der Waals surface area contributed by atoms with Gasteiger partial charge in [-0.15, -0.1) is 0 Å². The van der Waals surface area contributed by atoms with Crippen molar-refractivity contribution < 1.29 is 9.53 Å². The second kappa shape index (κ2) is 10.4. The number of hydrogen-bond acceptors (Lipinski definition) is 5.